The van der Waals surface area contributed by atoms with Crippen LogP contribution < -0.4 is 0 Å². The molecule has 0 aromatic carbocycles. The minimum atomic E-state index is -0.956. The average molecular weight is 765 g/mol. The molecular weight excluding hydrogens is 669 g/mol. The normalized spacial score (nSPS) is 12.6. The van der Waals surface area contributed by atoms with Crippen molar-refractivity contribution in [3.63, 3.8) is 0 Å². The van der Waals surface area contributed by atoms with E-state index in [4.69, 9.17) is 9.47 Å². The van der Waals surface area contributed by atoms with Gasteiger partial charge in [0.05, 0.1) is 0 Å². The smallest absolute Gasteiger partial charge is 0.305 e. The SMILES string of the molecule is CCCCCCCCCCCCCCCCCCCCC(=O)OC[C@@H](O)COC(=O)CCCCCCCCCCCCCCCCCCCCC(C)CC. The standard InChI is InChI=1S/C49H96O5/c1-4-6-7-8-9-10-11-12-13-14-18-21-24-27-30-33-36-39-42-48(51)53-44-47(50)45-54-49(52)43-40-37-34-31-28-25-22-19-16-15-17-20-23-26-29-32-35-38-41-46(3)5-2/h46-47,50H,4-45H2,1-3H3/t46?,47-/m1/s1. The monoisotopic (exact) mass is 765 g/mol. The lowest BCUT2D eigenvalue weighted by Gasteiger charge is -2.12. The molecule has 5 nitrogen and oxygen atoms in total. The molecule has 0 bridgehead atoms. The van der Waals surface area contributed by atoms with Crippen LogP contribution in [0, 0.1) is 5.92 Å². The molecule has 0 spiro atoms. The number of aliphatic hydroxyl groups is 1. The Bertz CT molecular complexity index is 754. The quantitative estimate of drug-likeness (QED) is 0.0494. The van der Waals surface area contributed by atoms with Crippen molar-refractivity contribution in [2.45, 2.75) is 284 Å². The van der Waals surface area contributed by atoms with Crippen molar-refractivity contribution in [2.24, 2.45) is 5.92 Å². The maximum absolute atomic E-state index is 12.0. The molecule has 0 rings (SSSR count). The highest BCUT2D eigenvalue weighted by molar-refractivity contribution is 5.69. The van der Waals surface area contributed by atoms with Crippen LogP contribution in [-0.4, -0.2) is 36.4 Å². The molecule has 54 heavy (non-hydrogen) atoms. The molecule has 0 saturated carbocycles. The van der Waals surface area contributed by atoms with Crippen LogP contribution in [0.5, 0.6) is 0 Å². The van der Waals surface area contributed by atoms with Crippen LogP contribution in [-0.2, 0) is 19.1 Å². The lowest BCUT2D eigenvalue weighted by atomic mass is 9.99. The van der Waals surface area contributed by atoms with E-state index in [2.05, 4.69) is 20.8 Å². The van der Waals surface area contributed by atoms with Gasteiger partial charge in [-0.25, -0.2) is 0 Å². The van der Waals surface area contributed by atoms with E-state index in [0.29, 0.717) is 12.8 Å². The van der Waals surface area contributed by atoms with Gasteiger partial charge in [-0.15, -0.1) is 0 Å². The summed E-state index contributed by atoms with van der Waals surface area (Å²) in [6, 6.07) is 0. The fraction of sp³-hybridized carbons (Fsp3) is 0.959. The van der Waals surface area contributed by atoms with Crippen LogP contribution in [0.1, 0.15) is 278 Å². The van der Waals surface area contributed by atoms with Crippen LogP contribution in [0.3, 0.4) is 0 Å². The van der Waals surface area contributed by atoms with Crippen molar-refractivity contribution < 1.29 is 24.2 Å². The fourth-order valence-electron chi connectivity index (χ4n) is 7.54. The van der Waals surface area contributed by atoms with Gasteiger partial charge in [-0.05, 0) is 18.8 Å². The fourth-order valence-corrected chi connectivity index (χ4v) is 7.54. The Balaban J connectivity index is 3.34. The highest BCUT2D eigenvalue weighted by atomic mass is 16.6. The molecule has 5 heteroatoms. The number of hydrogen-bond acceptors (Lipinski definition) is 5. The summed E-state index contributed by atoms with van der Waals surface area (Å²) in [5.41, 5.74) is 0. The summed E-state index contributed by atoms with van der Waals surface area (Å²) in [6.45, 7) is 6.76. The molecular formula is C49H96O5. The van der Waals surface area contributed by atoms with E-state index in [0.717, 1.165) is 31.6 Å². The molecule has 2 atom stereocenters. The Labute approximate surface area is 338 Å². The van der Waals surface area contributed by atoms with Crippen molar-refractivity contribution in [3.05, 3.63) is 0 Å². The number of carbonyl (C=O) groups excluding carboxylic acids is 2. The van der Waals surface area contributed by atoms with Crippen LogP contribution in [0.2, 0.25) is 0 Å². The second kappa shape index (κ2) is 44.6. The second-order valence-electron chi connectivity index (χ2n) is 17.2. The molecule has 0 fully saturated rings. The van der Waals surface area contributed by atoms with E-state index < -0.39 is 6.10 Å². The van der Waals surface area contributed by atoms with E-state index in [1.165, 1.54) is 218 Å². The Hall–Kier alpha value is -1.10. The van der Waals surface area contributed by atoms with Gasteiger partial charge >= 0.3 is 11.9 Å². The molecule has 0 aliphatic rings. The lowest BCUT2D eigenvalue weighted by Crippen LogP contribution is -2.25. The summed E-state index contributed by atoms with van der Waals surface area (Å²) in [6.07, 6.45) is 50.3. The van der Waals surface area contributed by atoms with Crippen molar-refractivity contribution in [2.75, 3.05) is 13.2 Å². The van der Waals surface area contributed by atoms with Gasteiger partial charge in [-0.2, -0.15) is 0 Å². The van der Waals surface area contributed by atoms with Gasteiger partial charge in [0.15, 0.2) is 0 Å². The van der Waals surface area contributed by atoms with E-state index >= 15 is 0 Å². The van der Waals surface area contributed by atoms with Crippen molar-refractivity contribution >= 4 is 11.9 Å². The molecule has 322 valence electrons. The number of aliphatic hydroxyl groups excluding tert-OH is 1. The Kier molecular flexibility index (Phi) is 43.7. The van der Waals surface area contributed by atoms with Crippen molar-refractivity contribution in [3.8, 4) is 0 Å². The largest absolute Gasteiger partial charge is 0.463 e. The van der Waals surface area contributed by atoms with Gasteiger partial charge < -0.3 is 14.6 Å². The maximum atomic E-state index is 12.0. The van der Waals surface area contributed by atoms with Gasteiger partial charge in [0.2, 0.25) is 0 Å². The second-order valence-corrected chi connectivity index (χ2v) is 17.2. The van der Waals surface area contributed by atoms with E-state index in [9.17, 15) is 14.7 Å². The van der Waals surface area contributed by atoms with Gasteiger partial charge in [0.25, 0.3) is 0 Å². The topological polar surface area (TPSA) is 72.8 Å². The molecule has 0 aromatic rings. The van der Waals surface area contributed by atoms with Crippen molar-refractivity contribution in [1.29, 1.82) is 0 Å². The predicted molar refractivity (Wildman–Crippen MR) is 233 cm³/mol. The van der Waals surface area contributed by atoms with Gasteiger partial charge in [0, 0.05) is 12.8 Å². The summed E-state index contributed by atoms with van der Waals surface area (Å²) >= 11 is 0. The van der Waals surface area contributed by atoms with Crippen LogP contribution in [0.25, 0.3) is 0 Å². The first kappa shape index (κ1) is 52.9. The zero-order chi connectivity index (χ0) is 39.4. The first-order chi connectivity index (χ1) is 26.5. The first-order valence-corrected chi connectivity index (χ1v) is 24.5. The molecule has 0 aromatic heterocycles. The molecule has 0 aliphatic carbocycles. The van der Waals surface area contributed by atoms with Gasteiger partial charge in [-0.1, -0.05) is 252 Å². The van der Waals surface area contributed by atoms with E-state index in [-0.39, 0.29) is 25.2 Å². The predicted octanol–water partition coefficient (Wildman–Crippen LogP) is 15.7. The maximum Gasteiger partial charge on any atom is 0.305 e. The van der Waals surface area contributed by atoms with Crippen LogP contribution in [0.15, 0.2) is 0 Å². The molecule has 0 heterocycles. The zero-order valence-corrected chi connectivity index (χ0v) is 36.9. The first-order valence-electron chi connectivity index (χ1n) is 24.5. The number of unbranched alkanes of at least 4 members (excludes halogenated alkanes) is 34. The third-order valence-corrected chi connectivity index (χ3v) is 11.6. The number of rotatable bonds is 45. The van der Waals surface area contributed by atoms with Crippen molar-refractivity contribution in [1.82, 2.24) is 0 Å². The summed E-state index contributed by atoms with van der Waals surface area (Å²) in [4.78, 5) is 24.1. The molecule has 0 amide bonds. The zero-order valence-electron chi connectivity index (χ0n) is 36.9. The average Bonchev–Trinajstić information content (AvgIpc) is 3.17. The Morgan fingerprint density at radius 1 is 0.389 bits per heavy atom. The third-order valence-electron chi connectivity index (χ3n) is 11.6. The summed E-state index contributed by atoms with van der Waals surface area (Å²) < 4.78 is 10.4. The minimum Gasteiger partial charge on any atom is -0.463 e. The van der Waals surface area contributed by atoms with Crippen LogP contribution in [0.4, 0.5) is 0 Å². The molecule has 0 radical (unpaired) electrons. The van der Waals surface area contributed by atoms with Gasteiger partial charge in [0.1, 0.15) is 19.3 Å². The molecule has 0 aliphatic heterocycles. The van der Waals surface area contributed by atoms with E-state index in [1.807, 2.05) is 0 Å². The molecule has 0 saturated heterocycles. The summed E-state index contributed by atoms with van der Waals surface area (Å²) in [5, 5.41) is 10.1. The number of carbonyl (C=O) groups is 2. The molecule has 1 unspecified atom stereocenters. The minimum absolute atomic E-state index is 0.107. The Morgan fingerprint density at radius 2 is 0.630 bits per heavy atom. The van der Waals surface area contributed by atoms with E-state index in [1.54, 1.807) is 0 Å². The number of hydrogen-bond donors (Lipinski definition) is 1. The highest BCUT2D eigenvalue weighted by Gasteiger charge is 2.12. The molecule has 1 N–H and O–H groups in total. The Morgan fingerprint density at radius 3 is 0.889 bits per heavy atom. The summed E-state index contributed by atoms with van der Waals surface area (Å²) in [5.74, 6) is 0.372. The van der Waals surface area contributed by atoms with Crippen LogP contribution >= 0.6 is 0 Å². The lowest BCUT2D eigenvalue weighted by molar-refractivity contribution is -0.152. The highest BCUT2D eigenvalue weighted by Crippen LogP contribution is 2.18. The third kappa shape index (κ3) is 43.6. The summed E-state index contributed by atoms with van der Waals surface area (Å²) in [7, 11) is 0. The number of ether oxygens (including phenoxy) is 2. The van der Waals surface area contributed by atoms with Gasteiger partial charge in [-0.3, -0.25) is 9.59 Å². The number of esters is 2.